The molecule has 0 fully saturated rings. The van der Waals surface area contributed by atoms with Gasteiger partial charge in [0.1, 0.15) is 0 Å². The van der Waals surface area contributed by atoms with E-state index in [4.69, 9.17) is 0 Å². The van der Waals surface area contributed by atoms with Gasteiger partial charge < -0.3 is 10.6 Å². The van der Waals surface area contributed by atoms with E-state index in [1.807, 2.05) is 0 Å². The zero-order valence-corrected chi connectivity index (χ0v) is 15.1. The highest BCUT2D eigenvalue weighted by atomic mass is 19.4. The minimum Gasteiger partial charge on any atom is -0.337 e. The normalized spacial score (nSPS) is 11.2. The Labute approximate surface area is 162 Å². The quantitative estimate of drug-likeness (QED) is 0.484. The number of rotatable bonds is 5. The van der Waals surface area contributed by atoms with Crippen LogP contribution in [0.1, 0.15) is 5.56 Å². The average molecular weight is 405 g/mol. The molecule has 150 valence electrons. The van der Waals surface area contributed by atoms with E-state index in [2.05, 4.69) is 27.3 Å². The molecule has 0 saturated carbocycles. The van der Waals surface area contributed by atoms with E-state index in [0.717, 1.165) is 6.08 Å². The van der Waals surface area contributed by atoms with Gasteiger partial charge in [-0.05, 0) is 36.4 Å². The smallest absolute Gasteiger partial charge is 0.337 e. The van der Waals surface area contributed by atoms with Gasteiger partial charge in [-0.1, -0.05) is 6.58 Å². The Bertz CT molecular complexity index is 1070. The lowest BCUT2D eigenvalue weighted by Gasteiger charge is -2.14. The number of hydrogen-bond acceptors (Lipinski definition) is 4. The van der Waals surface area contributed by atoms with Crippen LogP contribution in [0.3, 0.4) is 0 Å². The highest BCUT2D eigenvalue weighted by Gasteiger charge is 2.32. The molecule has 3 rings (SSSR count). The van der Waals surface area contributed by atoms with Crippen LogP contribution in [0, 0.1) is 5.82 Å². The van der Waals surface area contributed by atoms with Crippen LogP contribution in [0.25, 0.3) is 11.3 Å². The SMILES string of the molecule is C=CC(=O)Nc1ccc(Nc2ncc(C(F)(F)F)cc2F)c(-c2ccn(C)n2)c1. The first-order chi connectivity index (χ1) is 13.7. The van der Waals surface area contributed by atoms with Crippen LogP contribution in [0.5, 0.6) is 0 Å². The van der Waals surface area contributed by atoms with Crippen molar-refractivity contribution in [3.63, 3.8) is 0 Å². The number of nitrogens with one attached hydrogen (secondary N) is 2. The minimum absolute atomic E-state index is 0.339. The van der Waals surface area contributed by atoms with Crippen LogP contribution in [0.4, 0.5) is 34.8 Å². The van der Waals surface area contributed by atoms with Crippen LogP contribution in [0.15, 0.2) is 55.4 Å². The summed E-state index contributed by atoms with van der Waals surface area (Å²) in [6, 6.07) is 6.72. The van der Waals surface area contributed by atoms with E-state index < -0.39 is 23.5 Å². The first-order valence-electron chi connectivity index (χ1n) is 8.24. The number of anilines is 3. The van der Waals surface area contributed by atoms with Gasteiger partial charge in [0.15, 0.2) is 11.6 Å². The maximum Gasteiger partial charge on any atom is 0.417 e. The average Bonchev–Trinajstić information content (AvgIpc) is 3.09. The number of hydrogen-bond donors (Lipinski definition) is 2. The van der Waals surface area contributed by atoms with Crippen molar-refractivity contribution < 1.29 is 22.4 Å². The number of carbonyl (C=O) groups is 1. The summed E-state index contributed by atoms with van der Waals surface area (Å²) in [5, 5.41) is 9.56. The highest BCUT2D eigenvalue weighted by Crippen LogP contribution is 2.34. The van der Waals surface area contributed by atoms with Crippen molar-refractivity contribution in [2.45, 2.75) is 6.18 Å². The lowest BCUT2D eigenvalue weighted by molar-refractivity contribution is -0.138. The van der Waals surface area contributed by atoms with Crippen molar-refractivity contribution in [3.8, 4) is 11.3 Å². The summed E-state index contributed by atoms with van der Waals surface area (Å²) in [4.78, 5) is 15.1. The number of pyridine rings is 1. The van der Waals surface area contributed by atoms with Crippen LogP contribution in [0.2, 0.25) is 0 Å². The van der Waals surface area contributed by atoms with Gasteiger partial charge in [0.25, 0.3) is 0 Å². The summed E-state index contributed by atoms with van der Waals surface area (Å²) in [5.74, 6) is -1.96. The Hall–Kier alpha value is -3.69. The van der Waals surface area contributed by atoms with Crippen molar-refractivity contribution >= 4 is 23.1 Å². The summed E-state index contributed by atoms with van der Waals surface area (Å²) in [6.45, 7) is 3.38. The molecular weight excluding hydrogens is 390 g/mol. The molecule has 0 atom stereocenters. The molecule has 0 radical (unpaired) electrons. The fraction of sp³-hybridized carbons (Fsp3) is 0.105. The predicted molar refractivity (Wildman–Crippen MR) is 100.0 cm³/mol. The predicted octanol–water partition coefficient (Wildman–Crippen LogP) is 4.51. The third-order valence-electron chi connectivity index (χ3n) is 3.88. The molecule has 6 nitrogen and oxygen atoms in total. The molecule has 0 aliphatic carbocycles. The third-order valence-corrected chi connectivity index (χ3v) is 3.88. The van der Waals surface area contributed by atoms with Gasteiger partial charge in [0.05, 0.1) is 11.3 Å². The van der Waals surface area contributed by atoms with E-state index in [9.17, 15) is 22.4 Å². The summed E-state index contributed by atoms with van der Waals surface area (Å²) in [6.07, 6.45) is -1.36. The molecule has 1 aromatic carbocycles. The summed E-state index contributed by atoms with van der Waals surface area (Å²) in [5.41, 5.74) is 0.562. The van der Waals surface area contributed by atoms with Gasteiger partial charge >= 0.3 is 6.18 Å². The number of aryl methyl sites for hydroxylation is 1. The molecule has 0 bridgehead atoms. The fourth-order valence-electron chi connectivity index (χ4n) is 2.51. The maximum absolute atomic E-state index is 14.2. The molecule has 1 amide bonds. The number of halogens is 4. The number of alkyl halides is 3. The van der Waals surface area contributed by atoms with Gasteiger partial charge in [-0.15, -0.1) is 0 Å². The number of amides is 1. The van der Waals surface area contributed by atoms with E-state index in [1.54, 1.807) is 30.1 Å². The van der Waals surface area contributed by atoms with Gasteiger partial charge in [0, 0.05) is 36.4 Å². The van der Waals surface area contributed by atoms with Gasteiger partial charge in [-0.2, -0.15) is 18.3 Å². The molecule has 2 aromatic heterocycles. The molecule has 3 aromatic rings. The number of aromatic nitrogens is 3. The summed E-state index contributed by atoms with van der Waals surface area (Å²) >= 11 is 0. The number of benzene rings is 1. The Kier molecular flexibility index (Phi) is 5.35. The molecule has 0 aliphatic rings. The standard InChI is InChI=1S/C19H15F4N5O/c1-3-17(29)25-12-4-5-15(13(9-12)16-6-7-28(2)27-16)26-18-14(20)8-11(10-24-18)19(21,22)23/h3-10H,1H2,2H3,(H,24,26)(H,25,29). The monoisotopic (exact) mass is 405 g/mol. The van der Waals surface area contributed by atoms with Crippen LogP contribution in [-0.4, -0.2) is 20.7 Å². The van der Waals surface area contributed by atoms with Crippen LogP contribution < -0.4 is 10.6 Å². The first-order valence-corrected chi connectivity index (χ1v) is 8.24. The van der Waals surface area contributed by atoms with Gasteiger partial charge in [-0.25, -0.2) is 9.37 Å². The largest absolute Gasteiger partial charge is 0.417 e. The highest BCUT2D eigenvalue weighted by molar-refractivity contribution is 5.99. The Morgan fingerprint density at radius 1 is 1.24 bits per heavy atom. The van der Waals surface area contributed by atoms with E-state index in [0.29, 0.717) is 34.9 Å². The van der Waals surface area contributed by atoms with Crippen molar-refractivity contribution in [2.75, 3.05) is 10.6 Å². The molecule has 2 heterocycles. The molecule has 0 spiro atoms. The summed E-state index contributed by atoms with van der Waals surface area (Å²) < 4.78 is 53.9. The Balaban J connectivity index is 2.00. The Morgan fingerprint density at radius 2 is 2.00 bits per heavy atom. The van der Waals surface area contributed by atoms with Crippen LogP contribution in [-0.2, 0) is 18.0 Å². The molecule has 0 saturated heterocycles. The van der Waals surface area contributed by atoms with Crippen molar-refractivity contribution in [2.24, 2.45) is 7.05 Å². The second-order valence-corrected chi connectivity index (χ2v) is 6.01. The second kappa shape index (κ2) is 7.74. The van der Waals surface area contributed by atoms with E-state index >= 15 is 0 Å². The van der Waals surface area contributed by atoms with Gasteiger partial charge in [-0.3, -0.25) is 9.48 Å². The molecule has 0 aliphatic heterocycles. The first kappa shape index (κ1) is 20.1. The van der Waals surface area contributed by atoms with Crippen molar-refractivity contribution in [1.29, 1.82) is 0 Å². The van der Waals surface area contributed by atoms with E-state index in [-0.39, 0.29) is 5.82 Å². The maximum atomic E-state index is 14.2. The fourth-order valence-corrected chi connectivity index (χ4v) is 2.51. The molecule has 2 N–H and O–H groups in total. The molecule has 29 heavy (non-hydrogen) atoms. The zero-order valence-electron chi connectivity index (χ0n) is 15.1. The zero-order chi connectivity index (χ0) is 21.2. The van der Waals surface area contributed by atoms with Gasteiger partial charge in [0.2, 0.25) is 5.91 Å². The lowest BCUT2D eigenvalue weighted by Crippen LogP contribution is -2.09. The topological polar surface area (TPSA) is 71.8 Å². The number of nitrogens with zero attached hydrogens (tertiary/aromatic N) is 3. The lowest BCUT2D eigenvalue weighted by atomic mass is 10.1. The van der Waals surface area contributed by atoms with Crippen LogP contribution >= 0.6 is 0 Å². The summed E-state index contributed by atoms with van der Waals surface area (Å²) in [7, 11) is 1.71. The second-order valence-electron chi connectivity index (χ2n) is 6.01. The number of carbonyl (C=O) groups excluding carboxylic acids is 1. The minimum atomic E-state index is -4.70. The van der Waals surface area contributed by atoms with E-state index in [1.165, 1.54) is 12.1 Å². The third kappa shape index (κ3) is 4.60. The molecule has 0 unspecified atom stereocenters. The Morgan fingerprint density at radius 3 is 2.59 bits per heavy atom. The van der Waals surface area contributed by atoms with Crippen molar-refractivity contribution in [3.05, 3.63) is 66.8 Å². The molecule has 10 heteroatoms. The molecular formula is C19H15F4N5O. The van der Waals surface area contributed by atoms with Crippen molar-refractivity contribution in [1.82, 2.24) is 14.8 Å².